The average Bonchev–Trinajstić information content (AvgIpc) is 2.61. The van der Waals surface area contributed by atoms with Gasteiger partial charge in [-0.15, -0.1) is 0 Å². The number of nitrogens with one attached hydrogen (secondary N) is 1. The quantitative estimate of drug-likeness (QED) is 0.766. The minimum absolute atomic E-state index is 0.209. The smallest absolute Gasteiger partial charge is 0.0319 e. The van der Waals surface area contributed by atoms with Crippen LogP contribution in [0.2, 0.25) is 0 Å². The predicted octanol–water partition coefficient (Wildman–Crippen LogP) is 5.23. The number of rotatable bonds is 6. The molecule has 2 aromatic carbocycles. The molecule has 2 unspecified atom stereocenters. The van der Waals surface area contributed by atoms with Crippen LogP contribution in [0.25, 0.3) is 0 Å². The van der Waals surface area contributed by atoms with Crippen LogP contribution in [0.5, 0.6) is 0 Å². The molecular weight excluding hydrogens is 280 g/mol. The second-order valence-electron chi connectivity index (χ2n) is 6.12. The van der Waals surface area contributed by atoms with Crippen LogP contribution in [-0.4, -0.2) is 6.04 Å². The van der Waals surface area contributed by atoms with Crippen molar-refractivity contribution in [1.29, 1.82) is 0 Å². The summed E-state index contributed by atoms with van der Waals surface area (Å²) < 4.78 is 0. The Morgan fingerprint density at radius 1 is 0.783 bits per heavy atom. The summed E-state index contributed by atoms with van der Waals surface area (Å²) >= 11 is 0. The molecule has 0 fully saturated rings. The summed E-state index contributed by atoms with van der Waals surface area (Å²) in [5.41, 5.74) is 8.41. The van der Waals surface area contributed by atoms with Crippen molar-refractivity contribution in [2.45, 2.75) is 58.7 Å². The SMILES string of the molecule is CCC(N)c1ccccc1.CCC(NC(C)C)c1ccccc1. The fourth-order valence-electron chi connectivity index (χ4n) is 2.47. The number of hydrogen-bond donors (Lipinski definition) is 2. The first-order valence-electron chi connectivity index (χ1n) is 8.69. The van der Waals surface area contributed by atoms with Gasteiger partial charge in [0.25, 0.3) is 0 Å². The van der Waals surface area contributed by atoms with E-state index in [-0.39, 0.29) is 6.04 Å². The van der Waals surface area contributed by atoms with Gasteiger partial charge in [-0.2, -0.15) is 0 Å². The van der Waals surface area contributed by atoms with Crippen molar-refractivity contribution in [2.24, 2.45) is 5.73 Å². The van der Waals surface area contributed by atoms with E-state index in [1.807, 2.05) is 18.2 Å². The molecule has 0 aromatic heterocycles. The van der Waals surface area contributed by atoms with Crippen molar-refractivity contribution < 1.29 is 0 Å². The molecule has 0 aliphatic heterocycles. The summed E-state index contributed by atoms with van der Waals surface area (Å²) in [4.78, 5) is 0. The highest BCUT2D eigenvalue weighted by atomic mass is 14.9. The van der Waals surface area contributed by atoms with Crippen LogP contribution in [-0.2, 0) is 0 Å². The molecule has 2 heteroatoms. The molecule has 3 N–H and O–H groups in total. The van der Waals surface area contributed by atoms with E-state index < -0.39 is 0 Å². The lowest BCUT2D eigenvalue weighted by Crippen LogP contribution is -2.27. The van der Waals surface area contributed by atoms with Crippen LogP contribution in [0.15, 0.2) is 60.7 Å². The van der Waals surface area contributed by atoms with Crippen molar-refractivity contribution in [1.82, 2.24) is 5.32 Å². The summed E-state index contributed by atoms with van der Waals surface area (Å²) in [6.07, 6.45) is 2.15. The van der Waals surface area contributed by atoms with Gasteiger partial charge in [0.1, 0.15) is 0 Å². The predicted molar refractivity (Wildman–Crippen MR) is 101 cm³/mol. The van der Waals surface area contributed by atoms with E-state index in [4.69, 9.17) is 5.73 Å². The van der Waals surface area contributed by atoms with Gasteiger partial charge in [-0.05, 0) is 24.0 Å². The van der Waals surface area contributed by atoms with E-state index in [1.165, 1.54) is 11.1 Å². The zero-order chi connectivity index (χ0) is 17.1. The first kappa shape index (κ1) is 19.4. The van der Waals surface area contributed by atoms with Gasteiger partial charge in [0.15, 0.2) is 0 Å². The topological polar surface area (TPSA) is 38.0 Å². The Labute approximate surface area is 142 Å². The lowest BCUT2D eigenvalue weighted by atomic mass is 10.0. The normalized spacial score (nSPS) is 13.1. The summed E-state index contributed by atoms with van der Waals surface area (Å²) in [6.45, 7) is 8.68. The van der Waals surface area contributed by atoms with Crippen LogP contribution in [0.1, 0.15) is 63.7 Å². The summed E-state index contributed by atoms with van der Waals surface area (Å²) in [7, 11) is 0. The van der Waals surface area contributed by atoms with Crippen LogP contribution < -0.4 is 11.1 Å². The first-order chi connectivity index (χ1) is 11.1. The zero-order valence-corrected chi connectivity index (χ0v) is 15.0. The Morgan fingerprint density at radius 2 is 1.26 bits per heavy atom. The van der Waals surface area contributed by atoms with Gasteiger partial charge in [0.05, 0.1) is 0 Å². The lowest BCUT2D eigenvalue weighted by Gasteiger charge is -2.19. The van der Waals surface area contributed by atoms with Gasteiger partial charge in [-0.3, -0.25) is 0 Å². The van der Waals surface area contributed by atoms with E-state index in [0.29, 0.717) is 12.1 Å². The summed E-state index contributed by atoms with van der Waals surface area (Å²) in [5, 5.41) is 3.55. The molecule has 0 aliphatic carbocycles. The van der Waals surface area contributed by atoms with Crippen LogP contribution in [0, 0.1) is 0 Å². The molecule has 126 valence electrons. The number of nitrogens with two attached hydrogens (primary N) is 1. The molecular formula is C21H32N2. The van der Waals surface area contributed by atoms with E-state index in [9.17, 15) is 0 Å². The molecule has 2 atom stereocenters. The monoisotopic (exact) mass is 312 g/mol. The Hall–Kier alpha value is -1.64. The van der Waals surface area contributed by atoms with Crippen molar-refractivity contribution in [3.05, 3.63) is 71.8 Å². The first-order valence-corrected chi connectivity index (χ1v) is 8.69. The maximum absolute atomic E-state index is 5.79. The molecule has 2 aromatic rings. The minimum atomic E-state index is 0.209. The zero-order valence-electron chi connectivity index (χ0n) is 15.0. The molecule has 0 radical (unpaired) electrons. The van der Waals surface area contributed by atoms with Gasteiger partial charge in [-0.1, -0.05) is 88.4 Å². The average molecular weight is 313 g/mol. The van der Waals surface area contributed by atoms with Crippen LogP contribution in [0.4, 0.5) is 0 Å². The molecule has 0 saturated carbocycles. The lowest BCUT2D eigenvalue weighted by molar-refractivity contribution is 0.466. The van der Waals surface area contributed by atoms with E-state index in [1.54, 1.807) is 0 Å². The standard InChI is InChI=1S/C12H19N.C9H13N/c1-4-12(13-10(2)3)11-8-6-5-7-9-11;1-2-9(10)8-6-4-3-5-7-8/h5-10,12-13H,4H2,1-3H3;3-7,9H,2,10H2,1H3. The largest absolute Gasteiger partial charge is 0.324 e. The van der Waals surface area contributed by atoms with Gasteiger partial charge in [-0.25, -0.2) is 0 Å². The highest BCUT2D eigenvalue weighted by Crippen LogP contribution is 2.16. The number of benzene rings is 2. The third-order valence-electron chi connectivity index (χ3n) is 3.81. The van der Waals surface area contributed by atoms with E-state index >= 15 is 0 Å². The molecule has 0 heterocycles. The molecule has 0 spiro atoms. The molecule has 0 aliphatic rings. The molecule has 0 saturated heterocycles. The van der Waals surface area contributed by atoms with Crippen molar-refractivity contribution in [3.8, 4) is 0 Å². The van der Waals surface area contributed by atoms with Gasteiger partial charge in [0.2, 0.25) is 0 Å². The molecule has 2 nitrogen and oxygen atoms in total. The Kier molecular flexibility index (Phi) is 9.27. The maximum atomic E-state index is 5.79. The van der Waals surface area contributed by atoms with Crippen LogP contribution >= 0.6 is 0 Å². The minimum Gasteiger partial charge on any atom is -0.324 e. The highest BCUT2D eigenvalue weighted by Gasteiger charge is 2.08. The molecule has 0 bridgehead atoms. The van der Waals surface area contributed by atoms with Crippen molar-refractivity contribution in [2.75, 3.05) is 0 Å². The van der Waals surface area contributed by atoms with E-state index in [2.05, 4.69) is 75.5 Å². The fraction of sp³-hybridized carbons (Fsp3) is 0.429. The molecule has 2 rings (SSSR count). The maximum Gasteiger partial charge on any atom is 0.0319 e. The second kappa shape index (κ2) is 11.0. The Balaban J connectivity index is 0.000000238. The summed E-state index contributed by atoms with van der Waals surface area (Å²) in [5.74, 6) is 0. The van der Waals surface area contributed by atoms with Gasteiger partial charge < -0.3 is 11.1 Å². The van der Waals surface area contributed by atoms with Gasteiger partial charge >= 0.3 is 0 Å². The van der Waals surface area contributed by atoms with Crippen molar-refractivity contribution in [3.63, 3.8) is 0 Å². The van der Waals surface area contributed by atoms with Gasteiger partial charge in [0, 0.05) is 18.1 Å². The van der Waals surface area contributed by atoms with Crippen LogP contribution in [0.3, 0.4) is 0 Å². The Morgan fingerprint density at radius 3 is 1.65 bits per heavy atom. The third-order valence-corrected chi connectivity index (χ3v) is 3.81. The second-order valence-corrected chi connectivity index (χ2v) is 6.12. The van der Waals surface area contributed by atoms with Crippen molar-refractivity contribution >= 4 is 0 Å². The fourth-order valence-corrected chi connectivity index (χ4v) is 2.47. The molecule has 23 heavy (non-hydrogen) atoms. The number of hydrogen-bond acceptors (Lipinski definition) is 2. The van der Waals surface area contributed by atoms with E-state index in [0.717, 1.165) is 12.8 Å². The molecule has 0 amide bonds. The Bertz CT molecular complexity index is 508. The highest BCUT2D eigenvalue weighted by molar-refractivity contribution is 5.19. The third kappa shape index (κ3) is 7.45. The summed E-state index contributed by atoms with van der Waals surface area (Å²) in [6, 6.07) is 22.1.